The van der Waals surface area contributed by atoms with Crippen molar-refractivity contribution in [3.05, 3.63) is 53.2 Å². The SMILES string of the molecule is CN(C)S(=O)(=O)c1ccc(-c2cn3c(=O)[nH]ccc3n2)cc1. The topological polar surface area (TPSA) is 87.5 Å². The van der Waals surface area contributed by atoms with Gasteiger partial charge in [-0.2, -0.15) is 0 Å². The average molecular weight is 318 g/mol. The summed E-state index contributed by atoms with van der Waals surface area (Å²) in [6, 6.07) is 8.09. The number of hydrogen-bond donors (Lipinski definition) is 1. The van der Waals surface area contributed by atoms with Crippen LogP contribution in [0.25, 0.3) is 16.9 Å². The number of benzene rings is 1. The van der Waals surface area contributed by atoms with Crippen LogP contribution in [-0.4, -0.2) is 41.2 Å². The molecule has 0 saturated carbocycles. The first-order chi connectivity index (χ1) is 10.4. The number of H-pyrrole nitrogens is 1. The number of rotatable bonds is 3. The van der Waals surface area contributed by atoms with Gasteiger partial charge in [-0.05, 0) is 18.2 Å². The maximum absolute atomic E-state index is 12.0. The van der Waals surface area contributed by atoms with Gasteiger partial charge in [0.2, 0.25) is 10.0 Å². The second-order valence-electron chi connectivity index (χ2n) is 4.95. The van der Waals surface area contributed by atoms with Gasteiger partial charge in [-0.15, -0.1) is 0 Å². The smallest absolute Gasteiger partial charge is 0.314 e. The lowest BCUT2D eigenvalue weighted by atomic mass is 10.2. The van der Waals surface area contributed by atoms with Gasteiger partial charge in [0.15, 0.2) is 0 Å². The summed E-state index contributed by atoms with van der Waals surface area (Å²) in [6.07, 6.45) is 3.14. The van der Waals surface area contributed by atoms with Crippen LogP contribution in [0.3, 0.4) is 0 Å². The fourth-order valence-corrected chi connectivity index (χ4v) is 2.98. The van der Waals surface area contributed by atoms with Gasteiger partial charge in [-0.1, -0.05) is 12.1 Å². The quantitative estimate of drug-likeness (QED) is 0.778. The van der Waals surface area contributed by atoms with Gasteiger partial charge in [0.1, 0.15) is 5.65 Å². The van der Waals surface area contributed by atoms with Crippen molar-refractivity contribution in [2.24, 2.45) is 0 Å². The molecule has 2 aromatic heterocycles. The molecular weight excluding hydrogens is 304 g/mol. The standard InChI is InChI=1S/C14H14N4O3S/c1-17(2)22(20,21)11-5-3-10(4-6-11)12-9-18-13(16-12)7-8-15-14(18)19/h3-9H,1-2H3,(H,15,19). The van der Waals surface area contributed by atoms with Crippen molar-refractivity contribution in [3.63, 3.8) is 0 Å². The molecule has 0 saturated heterocycles. The first-order valence-electron chi connectivity index (χ1n) is 6.49. The van der Waals surface area contributed by atoms with E-state index in [1.807, 2.05) is 0 Å². The first-order valence-corrected chi connectivity index (χ1v) is 7.93. The van der Waals surface area contributed by atoms with Gasteiger partial charge < -0.3 is 4.98 Å². The van der Waals surface area contributed by atoms with Crippen LogP contribution < -0.4 is 5.69 Å². The van der Waals surface area contributed by atoms with Crippen LogP contribution in [0.1, 0.15) is 0 Å². The van der Waals surface area contributed by atoms with Crippen LogP contribution in [0.5, 0.6) is 0 Å². The molecule has 0 atom stereocenters. The Morgan fingerprint density at radius 3 is 2.41 bits per heavy atom. The molecule has 0 aliphatic carbocycles. The molecular formula is C14H14N4O3S. The number of fused-ring (bicyclic) bond motifs is 1. The summed E-state index contributed by atoms with van der Waals surface area (Å²) < 4.78 is 26.6. The van der Waals surface area contributed by atoms with Gasteiger partial charge in [-0.25, -0.2) is 22.5 Å². The molecule has 0 radical (unpaired) electrons. The van der Waals surface area contributed by atoms with E-state index in [0.717, 1.165) is 9.87 Å². The lowest BCUT2D eigenvalue weighted by Crippen LogP contribution is -2.22. The molecule has 0 bridgehead atoms. The van der Waals surface area contributed by atoms with E-state index in [1.165, 1.54) is 36.8 Å². The second kappa shape index (κ2) is 5.08. The van der Waals surface area contributed by atoms with E-state index in [4.69, 9.17) is 0 Å². The Bertz CT molecular complexity index is 985. The number of nitrogens with one attached hydrogen (secondary N) is 1. The van der Waals surface area contributed by atoms with Gasteiger partial charge in [0, 0.05) is 32.1 Å². The largest absolute Gasteiger partial charge is 0.331 e. The van der Waals surface area contributed by atoms with Crippen molar-refractivity contribution in [2.75, 3.05) is 14.1 Å². The highest BCUT2D eigenvalue weighted by molar-refractivity contribution is 7.89. The monoisotopic (exact) mass is 318 g/mol. The van der Waals surface area contributed by atoms with Crippen molar-refractivity contribution >= 4 is 15.7 Å². The maximum atomic E-state index is 12.0. The molecule has 0 fully saturated rings. The van der Waals surface area contributed by atoms with E-state index < -0.39 is 10.0 Å². The third kappa shape index (κ3) is 2.32. The van der Waals surface area contributed by atoms with Gasteiger partial charge in [0.25, 0.3) is 0 Å². The zero-order valence-electron chi connectivity index (χ0n) is 12.0. The van der Waals surface area contributed by atoms with E-state index in [1.54, 1.807) is 24.4 Å². The molecule has 1 N–H and O–H groups in total. The lowest BCUT2D eigenvalue weighted by molar-refractivity contribution is 0.521. The molecule has 3 aromatic rings. The fraction of sp³-hybridized carbons (Fsp3) is 0.143. The van der Waals surface area contributed by atoms with E-state index >= 15 is 0 Å². The van der Waals surface area contributed by atoms with E-state index in [9.17, 15) is 13.2 Å². The average Bonchev–Trinajstić information content (AvgIpc) is 2.93. The maximum Gasteiger partial charge on any atom is 0.331 e. The minimum absolute atomic E-state index is 0.211. The van der Waals surface area contributed by atoms with Gasteiger partial charge in [0.05, 0.1) is 10.6 Å². The van der Waals surface area contributed by atoms with Gasteiger partial charge >= 0.3 is 5.69 Å². The first kappa shape index (κ1) is 14.5. The molecule has 3 rings (SSSR count). The highest BCUT2D eigenvalue weighted by Crippen LogP contribution is 2.21. The summed E-state index contributed by atoms with van der Waals surface area (Å²) in [5, 5.41) is 0. The molecule has 0 aliphatic heterocycles. The fourth-order valence-electron chi connectivity index (χ4n) is 2.08. The molecule has 0 spiro atoms. The van der Waals surface area contributed by atoms with Crippen LogP contribution in [0.15, 0.2) is 52.4 Å². The normalized spacial score (nSPS) is 12.1. The summed E-state index contributed by atoms with van der Waals surface area (Å²) >= 11 is 0. The number of sulfonamides is 1. The Hall–Kier alpha value is -2.45. The summed E-state index contributed by atoms with van der Waals surface area (Å²) in [5.74, 6) is 0. The zero-order chi connectivity index (χ0) is 15.9. The predicted molar refractivity (Wildman–Crippen MR) is 82.1 cm³/mol. The highest BCUT2D eigenvalue weighted by atomic mass is 32.2. The molecule has 2 heterocycles. The summed E-state index contributed by atoms with van der Waals surface area (Å²) in [7, 11) is -0.487. The minimum atomic E-state index is -3.45. The third-order valence-corrected chi connectivity index (χ3v) is 5.15. The van der Waals surface area contributed by atoms with Crippen LogP contribution in [0.4, 0.5) is 0 Å². The minimum Gasteiger partial charge on any atom is -0.314 e. The number of imidazole rings is 1. The Labute approximate surface area is 126 Å². The van der Waals surface area contributed by atoms with Crippen LogP contribution in [0.2, 0.25) is 0 Å². The number of nitrogens with zero attached hydrogens (tertiary/aromatic N) is 3. The van der Waals surface area contributed by atoms with Crippen molar-refractivity contribution < 1.29 is 8.42 Å². The number of aromatic nitrogens is 3. The Balaban J connectivity index is 2.05. The molecule has 22 heavy (non-hydrogen) atoms. The Kier molecular flexibility index (Phi) is 3.34. The van der Waals surface area contributed by atoms with Crippen LogP contribution >= 0.6 is 0 Å². The predicted octanol–water partition coefficient (Wildman–Crippen LogP) is 0.940. The number of aromatic amines is 1. The molecule has 0 unspecified atom stereocenters. The molecule has 1 aromatic carbocycles. The van der Waals surface area contributed by atoms with Crippen molar-refractivity contribution in [1.82, 2.24) is 18.7 Å². The van der Waals surface area contributed by atoms with Crippen molar-refractivity contribution in [1.29, 1.82) is 0 Å². The second-order valence-corrected chi connectivity index (χ2v) is 7.10. The van der Waals surface area contributed by atoms with E-state index in [0.29, 0.717) is 11.3 Å². The third-order valence-electron chi connectivity index (χ3n) is 3.32. The van der Waals surface area contributed by atoms with Crippen LogP contribution in [-0.2, 0) is 10.0 Å². The number of hydrogen-bond acceptors (Lipinski definition) is 4. The lowest BCUT2D eigenvalue weighted by Gasteiger charge is -2.11. The molecule has 0 aliphatic rings. The van der Waals surface area contributed by atoms with Crippen molar-refractivity contribution in [2.45, 2.75) is 4.90 Å². The summed E-state index contributed by atoms with van der Waals surface area (Å²) in [4.78, 5) is 18.8. The molecule has 8 heteroatoms. The van der Waals surface area contributed by atoms with Crippen LogP contribution in [0, 0.1) is 0 Å². The molecule has 7 nitrogen and oxygen atoms in total. The summed E-state index contributed by atoms with van der Waals surface area (Å²) in [6.45, 7) is 0. The Morgan fingerprint density at radius 2 is 1.82 bits per heavy atom. The highest BCUT2D eigenvalue weighted by Gasteiger charge is 2.17. The van der Waals surface area contributed by atoms with E-state index in [2.05, 4.69) is 9.97 Å². The molecule has 114 valence electrons. The van der Waals surface area contributed by atoms with Crippen molar-refractivity contribution in [3.8, 4) is 11.3 Å². The Morgan fingerprint density at radius 1 is 1.14 bits per heavy atom. The summed E-state index contributed by atoms with van der Waals surface area (Å²) in [5.41, 5.74) is 1.60. The van der Waals surface area contributed by atoms with E-state index in [-0.39, 0.29) is 10.6 Å². The zero-order valence-corrected chi connectivity index (χ0v) is 12.8. The van der Waals surface area contributed by atoms with Gasteiger partial charge in [-0.3, -0.25) is 4.40 Å². The molecule has 0 amide bonds.